The Kier molecular flexibility index (Phi) is 4.38. The van der Waals surface area contributed by atoms with Crippen LogP contribution in [0.1, 0.15) is 19.8 Å². The molecular formula is C12H23N3O4S. The zero-order chi connectivity index (χ0) is 15.0. The van der Waals surface area contributed by atoms with Crippen molar-refractivity contribution >= 4 is 15.9 Å². The van der Waals surface area contributed by atoms with Gasteiger partial charge in [0.15, 0.2) is 0 Å². The second-order valence-corrected chi connectivity index (χ2v) is 7.78. The molecule has 0 aromatic heterocycles. The summed E-state index contributed by atoms with van der Waals surface area (Å²) >= 11 is 0. The summed E-state index contributed by atoms with van der Waals surface area (Å²) in [7, 11) is -3.19. The Balaban J connectivity index is 1.92. The quantitative estimate of drug-likeness (QED) is 0.688. The zero-order valence-electron chi connectivity index (χ0n) is 12.0. The van der Waals surface area contributed by atoms with E-state index in [4.69, 9.17) is 10.5 Å². The molecule has 2 aliphatic heterocycles. The summed E-state index contributed by atoms with van der Waals surface area (Å²) in [5.41, 5.74) is 5.31. The number of ether oxygens (including phenoxy) is 1. The Labute approximate surface area is 119 Å². The number of hydrogen-bond acceptors (Lipinski definition) is 5. The molecule has 0 aliphatic carbocycles. The first kappa shape index (κ1) is 15.7. The lowest BCUT2D eigenvalue weighted by molar-refractivity contribution is -0.142. The predicted octanol–water partition coefficient (Wildman–Crippen LogP) is -1.11. The normalized spacial score (nSPS) is 32.5. The van der Waals surface area contributed by atoms with Crippen LogP contribution in [0.15, 0.2) is 0 Å². The smallest absolute Gasteiger partial charge is 0.232 e. The van der Waals surface area contributed by atoms with Crippen molar-refractivity contribution in [3.8, 4) is 0 Å². The molecule has 8 heteroatoms. The van der Waals surface area contributed by atoms with Crippen molar-refractivity contribution in [2.24, 2.45) is 11.1 Å². The molecule has 0 saturated carbocycles. The first-order chi connectivity index (χ1) is 9.22. The number of nitrogens with one attached hydrogen (secondary N) is 1. The molecule has 2 fully saturated rings. The van der Waals surface area contributed by atoms with Gasteiger partial charge in [-0.15, -0.1) is 0 Å². The van der Waals surface area contributed by atoms with Gasteiger partial charge >= 0.3 is 0 Å². The van der Waals surface area contributed by atoms with Gasteiger partial charge in [-0.1, -0.05) is 0 Å². The van der Waals surface area contributed by atoms with Crippen molar-refractivity contribution in [1.29, 1.82) is 0 Å². The van der Waals surface area contributed by atoms with Crippen molar-refractivity contribution in [1.82, 2.24) is 9.62 Å². The number of sulfonamides is 1. The van der Waals surface area contributed by atoms with Gasteiger partial charge < -0.3 is 15.4 Å². The highest BCUT2D eigenvalue weighted by atomic mass is 32.2. The fourth-order valence-electron chi connectivity index (χ4n) is 2.77. The second kappa shape index (κ2) is 5.59. The maximum absolute atomic E-state index is 12.6. The van der Waals surface area contributed by atoms with Gasteiger partial charge in [-0.05, 0) is 19.8 Å². The van der Waals surface area contributed by atoms with Crippen molar-refractivity contribution in [3.63, 3.8) is 0 Å². The van der Waals surface area contributed by atoms with Crippen molar-refractivity contribution in [2.45, 2.75) is 31.8 Å². The number of piperidine rings is 1. The van der Waals surface area contributed by atoms with E-state index in [0.717, 1.165) is 6.26 Å². The lowest BCUT2D eigenvalue weighted by Crippen LogP contribution is -2.55. The Morgan fingerprint density at radius 2 is 2.00 bits per heavy atom. The largest absolute Gasteiger partial charge is 0.379 e. The van der Waals surface area contributed by atoms with Crippen LogP contribution in [0, 0.1) is 5.41 Å². The highest BCUT2D eigenvalue weighted by molar-refractivity contribution is 7.88. The second-order valence-electron chi connectivity index (χ2n) is 6.00. The van der Waals surface area contributed by atoms with Gasteiger partial charge in [0, 0.05) is 25.2 Å². The molecule has 7 nitrogen and oxygen atoms in total. The summed E-state index contributed by atoms with van der Waals surface area (Å²) in [6.07, 6.45) is 2.41. The summed E-state index contributed by atoms with van der Waals surface area (Å²) in [4.78, 5) is 14.3. The minimum Gasteiger partial charge on any atom is -0.379 e. The predicted molar refractivity (Wildman–Crippen MR) is 74.5 cm³/mol. The van der Waals surface area contributed by atoms with Gasteiger partial charge in [0.2, 0.25) is 15.9 Å². The van der Waals surface area contributed by atoms with E-state index in [1.54, 1.807) is 4.90 Å². The Bertz CT molecular complexity index is 473. The first-order valence-electron chi connectivity index (χ1n) is 6.82. The van der Waals surface area contributed by atoms with Gasteiger partial charge in [0.1, 0.15) is 0 Å². The fourth-order valence-corrected chi connectivity index (χ4v) is 3.61. The van der Waals surface area contributed by atoms with Crippen LogP contribution in [0.2, 0.25) is 0 Å². The van der Waals surface area contributed by atoms with E-state index in [-0.39, 0.29) is 18.0 Å². The van der Waals surface area contributed by atoms with Crippen LogP contribution in [-0.2, 0) is 19.6 Å². The molecule has 0 aromatic carbocycles. The summed E-state index contributed by atoms with van der Waals surface area (Å²) in [5, 5.41) is 0. The zero-order valence-corrected chi connectivity index (χ0v) is 12.8. The number of likely N-dealkylation sites (tertiary alicyclic amines) is 1. The highest BCUT2D eigenvalue weighted by Gasteiger charge is 2.46. The third kappa shape index (κ3) is 3.30. The van der Waals surface area contributed by atoms with Gasteiger partial charge in [-0.2, -0.15) is 0 Å². The Morgan fingerprint density at radius 3 is 2.45 bits per heavy atom. The summed E-state index contributed by atoms with van der Waals surface area (Å²) in [6.45, 7) is 3.71. The molecule has 1 amide bonds. The van der Waals surface area contributed by atoms with E-state index in [9.17, 15) is 13.2 Å². The Morgan fingerprint density at radius 1 is 1.40 bits per heavy atom. The third-order valence-corrected chi connectivity index (χ3v) is 4.93. The van der Waals surface area contributed by atoms with Crippen LogP contribution in [-0.4, -0.2) is 63.9 Å². The van der Waals surface area contributed by atoms with E-state index in [1.807, 2.05) is 6.92 Å². The molecule has 20 heavy (non-hydrogen) atoms. The number of carbonyl (C=O) groups is 1. The molecule has 2 heterocycles. The van der Waals surface area contributed by atoms with Gasteiger partial charge in [0.05, 0.1) is 24.9 Å². The molecule has 0 radical (unpaired) electrons. The highest BCUT2D eigenvalue weighted by Crippen LogP contribution is 2.30. The number of carbonyl (C=O) groups excluding carboxylic acids is 1. The number of amides is 1. The van der Waals surface area contributed by atoms with Gasteiger partial charge in [-0.3, -0.25) is 4.79 Å². The van der Waals surface area contributed by atoms with Gasteiger partial charge in [-0.25, -0.2) is 13.1 Å². The summed E-state index contributed by atoms with van der Waals surface area (Å²) in [5.74, 6) is 0.0142. The lowest BCUT2D eigenvalue weighted by atomic mass is 9.83. The minimum absolute atomic E-state index is 0.0142. The van der Waals surface area contributed by atoms with Crippen LogP contribution in [0.25, 0.3) is 0 Å². The first-order valence-corrected chi connectivity index (χ1v) is 8.71. The molecule has 2 atom stereocenters. The molecular weight excluding hydrogens is 282 g/mol. The standard InChI is InChI=1S/C12H23N3O4S/c1-12(8-19-7-10(12)13)11(16)15-5-3-9(4-6-15)14-20(2,17)18/h9-10,14H,3-8,13H2,1-2H3. The number of nitrogens with zero attached hydrogens (tertiary/aromatic N) is 1. The average Bonchev–Trinajstić information content (AvgIpc) is 2.69. The molecule has 0 spiro atoms. The van der Waals surface area contributed by atoms with Crippen molar-refractivity contribution in [3.05, 3.63) is 0 Å². The Hall–Kier alpha value is -0.700. The van der Waals surface area contributed by atoms with E-state index in [1.165, 1.54) is 0 Å². The van der Waals surface area contributed by atoms with Crippen LogP contribution >= 0.6 is 0 Å². The lowest BCUT2D eigenvalue weighted by Gasteiger charge is -2.37. The minimum atomic E-state index is -3.19. The summed E-state index contributed by atoms with van der Waals surface area (Å²) < 4.78 is 30.3. The van der Waals surface area contributed by atoms with Crippen LogP contribution in [0.5, 0.6) is 0 Å². The molecule has 0 aromatic rings. The average molecular weight is 305 g/mol. The van der Waals surface area contributed by atoms with E-state index in [0.29, 0.717) is 39.1 Å². The molecule has 2 aliphatic rings. The molecule has 2 unspecified atom stereocenters. The number of hydrogen-bond donors (Lipinski definition) is 2. The van der Waals surface area contributed by atoms with Gasteiger partial charge in [0.25, 0.3) is 0 Å². The van der Waals surface area contributed by atoms with E-state index in [2.05, 4.69) is 4.72 Å². The van der Waals surface area contributed by atoms with Crippen LogP contribution in [0.4, 0.5) is 0 Å². The molecule has 3 N–H and O–H groups in total. The van der Waals surface area contributed by atoms with Crippen molar-refractivity contribution < 1.29 is 17.9 Å². The number of nitrogens with two attached hydrogens (primary N) is 1. The number of rotatable bonds is 3. The maximum Gasteiger partial charge on any atom is 0.232 e. The van der Waals surface area contributed by atoms with Crippen LogP contribution in [0.3, 0.4) is 0 Å². The maximum atomic E-state index is 12.6. The molecule has 2 rings (SSSR count). The van der Waals surface area contributed by atoms with Crippen molar-refractivity contribution in [2.75, 3.05) is 32.6 Å². The van der Waals surface area contributed by atoms with Crippen LogP contribution < -0.4 is 10.5 Å². The summed E-state index contributed by atoms with van der Waals surface area (Å²) in [6, 6.07) is -0.364. The molecule has 2 saturated heterocycles. The SMILES string of the molecule is CC1(C(=O)N2CCC(NS(C)(=O)=O)CC2)COCC1N. The fraction of sp³-hybridized carbons (Fsp3) is 0.917. The van der Waals surface area contributed by atoms with E-state index < -0.39 is 15.4 Å². The topological polar surface area (TPSA) is 102 Å². The monoisotopic (exact) mass is 305 g/mol. The molecule has 0 bridgehead atoms. The molecule has 116 valence electrons. The van der Waals surface area contributed by atoms with E-state index >= 15 is 0 Å². The third-order valence-electron chi connectivity index (χ3n) is 4.17.